The average Bonchev–Trinajstić information content (AvgIpc) is 3.50. The number of nitrogens with zero attached hydrogens (tertiary/aromatic N) is 3. The van der Waals surface area contributed by atoms with Gasteiger partial charge < -0.3 is 19.2 Å². The number of rotatable bonds is 5. The van der Waals surface area contributed by atoms with Crippen molar-refractivity contribution in [2.75, 3.05) is 26.8 Å². The van der Waals surface area contributed by atoms with Gasteiger partial charge in [-0.2, -0.15) is 0 Å². The van der Waals surface area contributed by atoms with Crippen LogP contribution in [0.4, 0.5) is 0 Å². The minimum atomic E-state index is -0.300. The van der Waals surface area contributed by atoms with E-state index >= 15 is 0 Å². The summed E-state index contributed by atoms with van der Waals surface area (Å²) in [5, 5.41) is 4.33. The van der Waals surface area contributed by atoms with Crippen LogP contribution in [0.25, 0.3) is 0 Å². The largest absolute Gasteiger partial charge is 0.484 e. The highest BCUT2D eigenvalue weighted by molar-refractivity contribution is 6.04. The van der Waals surface area contributed by atoms with Crippen molar-refractivity contribution < 1.29 is 19.1 Å². The third-order valence-corrected chi connectivity index (χ3v) is 5.48. The molecule has 1 spiro atoms. The highest BCUT2D eigenvalue weighted by Crippen LogP contribution is 2.41. The van der Waals surface area contributed by atoms with E-state index in [0.717, 1.165) is 55.4 Å². The average molecular weight is 359 g/mol. The molecule has 1 aromatic heterocycles. The summed E-state index contributed by atoms with van der Waals surface area (Å²) in [4.78, 5) is 23.4. The Morgan fingerprint density at radius 1 is 1.42 bits per heavy atom. The van der Waals surface area contributed by atoms with Crippen molar-refractivity contribution in [3.05, 3.63) is 24.0 Å². The van der Waals surface area contributed by atoms with Crippen LogP contribution in [0.3, 0.4) is 0 Å². The molecule has 1 saturated carbocycles. The number of pyridine rings is 1. The first kappa shape index (κ1) is 17.3. The SMILES string of the molecule is COC(=O)CCO/N=C1\CC2(CCN(C3CC3)CC2)Oc2cnccc21. The van der Waals surface area contributed by atoms with Crippen molar-refractivity contribution in [3.63, 3.8) is 0 Å². The molecule has 3 heterocycles. The van der Waals surface area contributed by atoms with E-state index in [1.807, 2.05) is 6.07 Å². The number of fused-ring (bicyclic) bond motifs is 1. The Bertz CT molecular complexity index is 694. The van der Waals surface area contributed by atoms with E-state index in [2.05, 4.69) is 19.8 Å². The second-order valence-electron chi connectivity index (χ2n) is 7.30. The van der Waals surface area contributed by atoms with Crippen LogP contribution in [0.1, 0.15) is 44.1 Å². The molecular formula is C19H25N3O4. The molecule has 1 saturated heterocycles. The summed E-state index contributed by atoms with van der Waals surface area (Å²) < 4.78 is 11.0. The van der Waals surface area contributed by atoms with E-state index in [-0.39, 0.29) is 24.6 Å². The van der Waals surface area contributed by atoms with Crippen LogP contribution >= 0.6 is 0 Å². The third kappa shape index (κ3) is 3.67. The Morgan fingerprint density at radius 3 is 2.96 bits per heavy atom. The smallest absolute Gasteiger partial charge is 0.309 e. The topological polar surface area (TPSA) is 73.2 Å². The lowest BCUT2D eigenvalue weighted by atomic mass is 9.82. The number of ether oxygens (including phenoxy) is 2. The Hall–Kier alpha value is -2.15. The van der Waals surface area contributed by atoms with E-state index in [9.17, 15) is 4.79 Å². The lowest BCUT2D eigenvalue weighted by molar-refractivity contribution is -0.141. The van der Waals surface area contributed by atoms with Gasteiger partial charge in [-0.15, -0.1) is 0 Å². The van der Waals surface area contributed by atoms with E-state index < -0.39 is 0 Å². The molecule has 1 aromatic rings. The van der Waals surface area contributed by atoms with Crippen molar-refractivity contribution in [1.29, 1.82) is 0 Å². The molecule has 0 bridgehead atoms. The van der Waals surface area contributed by atoms with E-state index in [1.165, 1.54) is 20.0 Å². The number of oxime groups is 1. The number of hydrogen-bond acceptors (Lipinski definition) is 7. The lowest BCUT2D eigenvalue weighted by Crippen LogP contribution is -2.51. The zero-order valence-corrected chi connectivity index (χ0v) is 15.1. The maximum Gasteiger partial charge on any atom is 0.309 e. The van der Waals surface area contributed by atoms with Crippen molar-refractivity contribution in [1.82, 2.24) is 9.88 Å². The number of esters is 1. The summed E-state index contributed by atoms with van der Waals surface area (Å²) in [6, 6.07) is 2.70. The van der Waals surface area contributed by atoms with Gasteiger partial charge in [0.1, 0.15) is 18.0 Å². The maximum absolute atomic E-state index is 11.2. The summed E-state index contributed by atoms with van der Waals surface area (Å²) in [5.74, 6) is 0.472. The molecule has 0 radical (unpaired) electrons. The summed E-state index contributed by atoms with van der Waals surface area (Å²) in [6.07, 6.45) is 9.04. The van der Waals surface area contributed by atoms with Crippen molar-refractivity contribution in [2.45, 2.75) is 50.2 Å². The molecule has 2 fully saturated rings. The molecule has 7 nitrogen and oxygen atoms in total. The normalized spacial score (nSPS) is 23.3. The molecular weight excluding hydrogens is 334 g/mol. The summed E-state index contributed by atoms with van der Waals surface area (Å²) in [7, 11) is 1.37. The fraction of sp³-hybridized carbons (Fsp3) is 0.632. The number of likely N-dealkylation sites (tertiary alicyclic amines) is 1. The van der Waals surface area contributed by atoms with Crippen LogP contribution < -0.4 is 4.74 Å². The van der Waals surface area contributed by atoms with Crippen LogP contribution in [0, 0.1) is 0 Å². The molecule has 0 atom stereocenters. The zero-order valence-electron chi connectivity index (χ0n) is 15.1. The molecule has 0 aromatic carbocycles. The molecule has 3 aliphatic rings. The van der Waals surface area contributed by atoms with Gasteiger partial charge >= 0.3 is 5.97 Å². The fourth-order valence-electron chi connectivity index (χ4n) is 3.82. The molecule has 140 valence electrons. The molecule has 2 aliphatic heterocycles. The van der Waals surface area contributed by atoms with Gasteiger partial charge in [-0.3, -0.25) is 9.78 Å². The van der Waals surface area contributed by atoms with Gasteiger partial charge in [-0.25, -0.2) is 0 Å². The minimum absolute atomic E-state index is 0.189. The van der Waals surface area contributed by atoms with Crippen molar-refractivity contribution in [3.8, 4) is 5.75 Å². The molecule has 7 heteroatoms. The van der Waals surface area contributed by atoms with Gasteiger partial charge in [0.2, 0.25) is 0 Å². The molecule has 4 rings (SSSR count). The Balaban J connectivity index is 1.47. The van der Waals surface area contributed by atoms with Crippen molar-refractivity contribution in [2.24, 2.45) is 5.16 Å². The first-order valence-electron chi connectivity index (χ1n) is 9.32. The van der Waals surface area contributed by atoms with E-state index in [1.54, 1.807) is 12.4 Å². The predicted molar refractivity (Wildman–Crippen MR) is 95.2 cm³/mol. The highest BCUT2D eigenvalue weighted by atomic mass is 16.6. The first-order chi connectivity index (χ1) is 12.7. The van der Waals surface area contributed by atoms with Gasteiger partial charge in [0, 0.05) is 50.2 Å². The zero-order chi connectivity index (χ0) is 18.0. The highest BCUT2D eigenvalue weighted by Gasteiger charge is 2.44. The van der Waals surface area contributed by atoms with Crippen molar-refractivity contribution >= 4 is 11.7 Å². The van der Waals surface area contributed by atoms with E-state index in [0.29, 0.717) is 0 Å². The quantitative estimate of drug-likeness (QED) is 0.456. The monoisotopic (exact) mass is 359 g/mol. The molecule has 1 aliphatic carbocycles. The second kappa shape index (κ2) is 7.23. The molecule has 26 heavy (non-hydrogen) atoms. The number of hydrogen-bond donors (Lipinski definition) is 0. The Kier molecular flexibility index (Phi) is 4.80. The Labute approximate surface area is 153 Å². The van der Waals surface area contributed by atoms with Gasteiger partial charge in [-0.1, -0.05) is 5.16 Å². The standard InChI is InChI=1S/C19H25N3O4/c1-24-18(23)5-11-25-21-16-12-19(26-17-13-20-8-4-15(16)17)6-9-22(10-7-19)14-2-3-14/h4,8,13-14H,2-3,5-7,9-12H2,1H3/b21-16+. The molecule has 0 amide bonds. The van der Waals surface area contributed by atoms with Crippen LogP contribution in [0.5, 0.6) is 5.75 Å². The number of carbonyl (C=O) groups excluding carboxylic acids is 1. The number of carbonyl (C=O) groups is 1. The molecule has 0 N–H and O–H groups in total. The van der Waals surface area contributed by atoms with Crippen LogP contribution in [-0.4, -0.2) is 60.0 Å². The van der Waals surface area contributed by atoms with Gasteiger partial charge in [-0.05, 0) is 18.9 Å². The number of piperidine rings is 1. The minimum Gasteiger partial charge on any atom is -0.484 e. The van der Waals surface area contributed by atoms with Crippen LogP contribution in [-0.2, 0) is 14.4 Å². The number of methoxy groups -OCH3 is 1. The van der Waals surface area contributed by atoms with Gasteiger partial charge in [0.15, 0.2) is 0 Å². The third-order valence-electron chi connectivity index (χ3n) is 5.48. The predicted octanol–water partition coefficient (Wildman–Crippen LogP) is 2.14. The van der Waals surface area contributed by atoms with Crippen LogP contribution in [0.15, 0.2) is 23.6 Å². The fourth-order valence-corrected chi connectivity index (χ4v) is 3.82. The Morgan fingerprint density at radius 2 is 2.23 bits per heavy atom. The lowest BCUT2D eigenvalue weighted by Gasteiger charge is -2.44. The summed E-state index contributed by atoms with van der Waals surface area (Å²) in [6.45, 7) is 2.34. The molecule has 0 unspecified atom stereocenters. The second-order valence-corrected chi connectivity index (χ2v) is 7.30. The summed E-state index contributed by atoms with van der Waals surface area (Å²) >= 11 is 0. The van der Waals surface area contributed by atoms with Gasteiger partial charge in [0.25, 0.3) is 0 Å². The van der Waals surface area contributed by atoms with Crippen LogP contribution in [0.2, 0.25) is 0 Å². The number of aromatic nitrogens is 1. The summed E-state index contributed by atoms with van der Waals surface area (Å²) in [5.41, 5.74) is 1.57. The first-order valence-corrected chi connectivity index (χ1v) is 9.32. The maximum atomic E-state index is 11.2. The van der Waals surface area contributed by atoms with E-state index in [4.69, 9.17) is 9.57 Å². The van der Waals surface area contributed by atoms with Gasteiger partial charge in [0.05, 0.1) is 25.4 Å².